The molecule has 0 aromatic carbocycles. The summed E-state index contributed by atoms with van der Waals surface area (Å²) in [5.41, 5.74) is 1.40. The summed E-state index contributed by atoms with van der Waals surface area (Å²) < 4.78 is 0. The molecule has 1 aromatic rings. The number of thioether (sulfide) groups is 1. The molecule has 0 saturated heterocycles. The van der Waals surface area contributed by atoms with Crippen LogP contribution in [-0.4, -0.2) is 38.6 Å². The van der Waals surface area contributed by atoms with Crippen LogP contribution in [-0.2, 0) is 4.79 Å². The standard InChI is InChI=1S/C27H47N3O2S/c1-21(2)10-6-11-22(3)12-7-13-23(4)14-8-15-24(5)16-19-33-20-25(26(31)32)30-27-28-17-9-18-29-27/h9,16-18,21-23,25H,6-8,10-15,19-20H2,1-5H3,(H,31,32)(H,28,29,30)/b24-16+/t22?,23?,25-/m0/s1. The van der Waals surface area contributed by atoms with E-state index in [1.54, 1.807) is 30.2 Å². The third-order valence-electron chi connectivity index (χ3n) is 6.14. The molecule has 6 heteroatoms. The first-order valence-electron chi connectivity index (χ1n) is 12.8. The average Bonchev–Trinajstić information content (AvgIpc) is 2.76. The molecule has 2 N–H and O–H groups in total. The molecule has 0 aliphatic carbocycles. The van der Waals surface area contributed by atoms with Gasteiger partial charge in [-0.3, -0.25) is 0 Å². The third-order valence-corrected chi connectivity index (χ3v) is 7.11. The predicted octanol–water partition coefficient (Wildman–Crippen LogP) is 7.46. The largest absolute Gasteiger partial charge is 0.480 e. The second-order valence-corrected chi connectivity index (χ2v) is 11.1. The van der Waals surface area contributed by atoms with Crippen LogP contribution in [0.15, 0.2) is 30.1 Å². The molecule has 0 saturated carbocycles. The maximum atomic E-state index is 11.5. The average molecular weight is 478 g/mol. The fourth-order valence-electron chi connectivity index (χ4n) is 3.90. The van der Waals surface area contributed by atoms with E-state index in [4.69, 9.17) is 0 Å². The number of carbonyl (C=O) groups is 1. The predicted molar refractivity (Wildman–Crippen MR) is 143 cm³/mol. The molecule has 5 nitrogen and oxygen atoms in total. The lowest BCUT2D eigenvalue weighted by Gasteiger charge is -2.15. The zero-order valence-corrected chi connectivity index (χ0v) is 22.4. The molecule has 0 amide bonds. The van der Waals surface area contributed by atoms with E-state index in [9.17, 15) is 9.90 Å². The highest BCUT2D eigenvalue weighted by molar-refractivity contribution is 7.99. The van der Waals surface area contributed by atoms with Gasteiger partial charge in [-0.2, -0.15) is 11.8 Å². The number of carboxylic acid groups (broad SMARTS) is 1. The zero-order valence-electron chi connectivity index (χ0n) is 21.6. The zero-order chi connectivity index (χ0) is 24.5. The molecular weight excluding hydrogens is 430 g/mol. The Morgan fingerprint density at radius 3 is 2.15 bits per heavy atom. The summed E-state index contributed by atoms with van der Waals surface area (Å²) in [5.74, 6) is 3.29. The first-order chi connectivity index (χ1) is 15.8. The maximum Gasteiger partial charge on any atom is 0.327 e. The fourth-order valence-corrected chi connectivity index (χ4v) is 4.90. The van der Waals surface area contributed by atoms with E-state index in [1.807, 2.05) is 0 Å². The Hall–Kier alpha value is -1.56. The van der Waals surface area contributed by atoms with Crippen molar-refractivity contribution in [2.24, 2.45) is 17.8 Å². The number of nitrogens with one attached hydrogen (secondary N) is 1. The number of nitrogens with zero attached hydrogens (tertiary/aromatic N) is 2. The molecule has 0 bridgehead atoms. The molecule has 0 aliphatic heterocycles. The smallest absolute Gasteiger partial charge is 0.327 e. The second-order valence-electron chi connectivity index (χ2n) is 10.1. The van der Waals surface area contributed by atoms with Crippen LogP contribution in [0.2, 0.25) is 0 Å². The summed E-state index contributed by atoms with van der Waals surface area (Å²) in [7, 11) is 0. The maximum absolute atomic E-state index is 11.5. The van der Waals surface area contributed by atoms with Gasteiger partial charge in [-0.05, 0) is 43.6 Å². The summed E-state index contributed by atoms with van der Waals surface area (Å²) in [6.07, 6.45) is 17.3. The van der Waals surface area contributed by atoms with Crippen LogP contribution in [0.3, 0.4) is 0 Å². The van der Waals surface area contributed by atoms with Crippen molar-refractivity contribution in [1.82, 2.24) is 9.97 Å². The summed E-state index contributed by atoms with van der Waals surface area (Å²) in [6, 6.07) is 1.02. The minimum Gasteiger partial charge on any atom is -0.480 e. The van der Waals surface area contributed by atoms with Crippen LogP contribution in [0.25, 0.3) is 0 Å². The first-order valence-corrected chi connectivity index (χ1v) is 13.9. The van der Waals surface area contributed by atoms with Crippen molar-refractivity contribution in [3.63, 3.8) is 0 Å². The highest BCUT2D eigenvalue weighted by Crippen LogP contribution is 2.22. The van der Waals surface area contributed by atoms with Crippen LogP contribution >= 0.6 is 11.8 Å². The van der Waals surface area contributed by atoms with Gasteiger partial charge in [0.15, 0.2) is 0 Å². The molecule has 1 heterocycles. The molecule has 0 fully saturated rings. The van der Waals surface area contributed by atoms with E-state index < -0.39 is 12.0 Å². The van der Waals surface area contributed by atoms with Gasteiger partial charge in [-0.25, -0.2) is 14.8 Å². The highest BCUT2D eigenvalue weighted by atomic mass is 32.2. The van der Waals surface area contributed by atoms with E-state index in [0.717, 1.165) is 29.9 Å². The second kappa shape index (κ2) is 17.9. The number of hydrogen-bond acceptors (Lipinski definition) is 5. The number of hydrogen-bond donors (Lipinski definition) is 2. The van der Waals surface area contributed by atoms with Gasteiger partial charge >= 0.3 is 5.97 Å². The van der Waals surface area contributed by atoms with Crippen LogP contribution in [0.4, 0.5) is 5.95 Å². The fraction of sp³-hybridized carbons (Fsp3) is 0.741. The van der Waals surface area contributed by atoms with E-state index in [2.05, 4.69) is 56.0 Å². The molecule has 33 heavy (non-hydrogen) atoms. The Morgan fingerprint density at radius 2 is 1.58 bits per heavy atom. The van der Waals surface area contributed by atoms with Crippen molar-refractivity contribution >= 4 is 23.7 Å². The first kappa shape index (κ1) is 29.5. The number of anilines is 1. The monoisotopic (exact) mass is 477 g/mol. The summed E-state index contributed by atoms with van der Waals surface area (Å²) in [5, 5.41) is 12.3. The minimum absolute atomic E-state index is 0.354. The lowest BCUT2D eigenvalue weighted by atomic mass is 9.91. The molecule has 2 unspecified atom stereocenters. The molecule has 0 spiro atoms. The van der Waals surface area contributed by atoms with E-state index in [1.165, 1.54) is 56.9 Å². The lowest BCUT2D eigenvalue weighted by Crippen LogP contribution is -2.32. The molecule has 1 aromatic heterocycles. The normalized spacial score (nSPS) is 14.8. The Balaban J connectivity index is 2.14. The number of aliphatic carboxylic acids is 1. The Kier molecular flexibility index (Phi) is 15.9. The molecule has 0 aliphatic rings. The van der Waals surface area contributed by atoms with Crippen molar-refractivity contribution in [3.05, 3.63) is 30.1 Å². The Labute approximate surface area is 206 Å². The number of carboxylic acids is 1. The highest BCUT2D eigenvalue weighted by Gasteiger charge is 2.17. The van der Waals surface area contributed by atoms with Gasteiger partial charge in [0.1, 0.15) is 6.04 Å². The van der Waals surface area contributed by atoms with Crippen molar-refractivity contribution in [2.45, 2.75) is 98.4 Å². The molecule has 3 atom stereocenters. The van der Waals surface area contributed by atoms with Crippen LogP contribution in [0, 0.1) is 17.8 Å². The Morgan fingerprint density at radius 1 is 1.00 bits per heavy atom. The van der Waals surface area contributed by atoms with Crippen molar-refractivity contribution < 1.29 is 9.90 Å². The number of rotatable bonds is 19. The summed E-state index contributed by atoms with van der Waals surface area (Å²) >= 11 is 1.62. The van der Waals surface area contributed by atoms with Crippen molar-refractivity contribution in [3.8, 4) is 0 Å². The molecular formula is C27H47N3O2S. The summed E-state index contributed by atoms with van der Waals surface area (Å²) in [4.78, 5) is 19.6. The SMILES string of the molecule is C/C(=C\CSC[C@H](Nc1ncccn1)C(=O)O)CCCC(C)CCCC(C)CCCC(C)C. The molecule has 1 rings (SSSR count). The van der Waals surface area contributed by atoms with E-state index in [-0.39, 0.29) is 0 Å². The van der Waals surface area contributed by atoms with Gasteiger partial charge in [0.05, 0.1) is 0 Å². The number of allylic oxidation sites excluding steroid dienone is 1. The van der Waals surface area contributed by atoms with Crippen LogP contribution in [0.5, 0.6) is 0 Å². The minimum atomic E-state index is -0.880. The summed E-state index contributed by atoms with van der Waals surface area (Å²) in [6.45, 7) is 11.6. The van der Waals surface area contributed by atoms with Gasteiger partial charge < -0.3 is 10.4 Å². The van der Waals surface area contributed by atoms with Gasteiger partial charge in [0.25, 0.3) is 0 Å². The number of aromatic nitrogens is 2. The van der Waals surface area contributed by atoms with Crippen LogP contribution < -0.4 is 5.32 Å². The van der Waals surface area contributed by atoms with Crippen LogP contribution in [0.1, 0.15) is 92.4 Å². The van der Waals surface area contributed by atoms with Gasteiger partial charge in [0.2, 0.25) is 5.95 Å². The van der Waals surface area contributed by atoms with Gasteiger partial charge in [-0.15, -0.1) is 0 Å². The van der Waals surface area contributed by atoms with Gasteiger partial charge in [0, 0.05) is 23.9 Å². The third kappa shape index (κ3) is 15.8. The van der Waals surface area contributed by atoms with Gasteiger partial charge in [-0.1, -0.05) is 84.3 Å². The molecule has 0 radical (unpaired) electrons. The molecule has 188 valence electrons. The van der Waals surface area contributed by atoms with Crippen molar-refractivity contribution in [1.29, 1.82) is 0 Å². The van der Waals surface area contributed by atoms with Crippen molar-refractivity contribution in [2.75, 3.05) is 16.8 Å². The topological polar surface area (TPSA) is 75.1 Å². The lowest BCUT2D eigenvalue weighted by molar-refractivity contribution is -0.137. The quantitative estimate of drug-likeness (QED) is 0.159. The van der Waals surface area contributed by atoms with E-state index in [0.29, 0.717) is 11.7 Å². The Bertz CT molecular complexity index is 667. The van der Waals surface area contributed by atoms with E-state index >= 15 is 0 Å².